The van der Waals surface area contributed by atoms with Gasteiger partial charge in [0.2, 0.25) is 11.0 Å². The minimum absolute atomic E-state index is 0.0838. The van der Waals surface area contributed by atoms with E-state index in [-0.39, 0.29) is 11.7 Å². The summed E-state index contributed by atoms with van der Waals surface area (Å²) in [6.45, 7) is 1.77. The van der Waals surface area contributed by atoms with Crippen molar-refractivity contribution in [2.24, 2.45) is 0 Å². The molecule has 4 nitrogen and oxygen atoms in total. The first kappa shape index (κ1) is 12.6. The van der Waals surface area contributed by atoms with Crippen LogP contribution in [0.1, 0.15) is 23.9 Å². The van der Waals surface area contributed by atoms with Crippen LogP contribution in [-0.2, 0) is 11.2 Å². The lowest BCUT2D eigenvalue weighted by Gasteiger charge is -1.96. The zero-order chi connectivity index (χ0) is 13.0. The molecule has 1 heterocycles. The molecule has 0 saturated carbocycles. The van der Waals surface area contributed by atoms with Gasteiger partial charge in [0.05, 0.1) is 0 Å². The highest BCUT2D eigenvalue weighted by atomic mass is 32.1. The van der Waals surface area contributed by atoms with E-state index in [9.17, 15) is 9.18 Å². The molecule has 1 aromatic carbocycles. The molecule has 6 heteroatoms. The summed E-state index contributed by atoms with van der Waals surface area (Å²) in [7, 11) is 0. The Kier molecular flexibility index (Phi) is 3.99. The summed E-state index contributed by atoms with van der Waals surface area (Å²) < 4.78 is 12.7. The number of nitrogens with zero attached hydrogens (tertiary/aromatic N) is 2. The Labute approximate surface area is 108 Å². The predicted molar refractivity (Wildman–Crippen MR) is 68.0 cm³/mol. The third-order valence-electron chi connectivity index (χ3n) is 2.30. The molecule has 94 valence electrons. The Hall–Kier alpha value is -1.82. The fourth-order valence-electron chi connectivity index (χ4n) is 1.36. The first-order valence-electron chi connectivity index (χ1n) is 5.54. The first-order chi connectivity index (χ1) is 8.67. The molecule has 0 unspecified atom stereocenters. The van der Waals surface area contributed by atoms with Gasteiger partial charge >= 0.3 is 0 Å². The zero-order valence-electron chi connectivity index (χ0n) is 9.81. The number of amides is 1. The van der Waals surface area contributed by atoms with Gasteiger partial charge in [-0.3, -0.25) is 4.79 Å². The van der Waals surface area contributed by atoms with Gasteiger partial charge in [-0.15, -0.1) is 10.2 Å². The minimum Gasteiger partial charge on any atom is -0.301 e. The lowest BCUT2D eigenvalue weighted by Crippen LogP contribution is -2.08. The molecule has 0 radical (unpaired) electrons. The van der Waals surface area contributed by atoms with Crippen LogP contribution in [0, 0.1) is 5.82 Å². The van der Waals surface area contributed by atoms with E-state index < -0.39 is 0 Å². The Morgan fingerprint density at radius 3 is 2.72 bits per heavy atom. The van der Waals surface area contributed by atoms with Crippen molar-refractivity contribution in [3.63, 3.8) is 0 Å². The van der Waals surface area contributed by atoms with E-state index in [0.29, 0.717) is 18.0 Å². The smallest absolute Gasteiger partial charge is 0.225 e. The molecule has 0 spiro atoms. The lowest BCUT2D eigenvalue weighted by molar-refractivity contribution is -0.115. The van der Waals surface area contributed by atoms with Crippen LogP contribution in [0.2, 0.25) is 0 Å². The predicted octanol–water partition coefficient (Wildman–Crippen LogP) is 2.62. The second-order valence-corrected chi connectivity index (χ2v) is 4.77. The largest absolute Gasteiger partial charge is 0.301 e. The van der Waals surface area contributed by atoms with Crippen molar-refractivity contribution in [1.82, 2.24) is 10.2 Å². The fourth-order valence-corrected chi connectivity index (χ4v) is 2.15. The Morgan fingerprint density at radius 2 is 2.06 bits per heavy atom. The minimum atomic E-state index is -0.257. The number of carbonyl (C=O) groups excluding carboxylic acids is 1. The number of carbonyl (C=O) groups is 1. The fraction of sp³-hybridized carbons (Fsp3) is 0.250. The summed E-state index contributed by atoms with van der Waals surface area (Å²) in [6, 6.07) is 6.24. The molecular weight excluding hydrogens is 253 g/mol. The second-order valence-electron chi connectivity index (χ2n) is 3.71. The van der Waals surface area contributed by atoms with E-state index in [2.05, 4.69) is 15.5 Å². The molecule has 2 aromatic rings. The van der Waals surface area contributed by atoms with E-state index in [1.807, 2.05) is 0 Å². The average molecular weight is 265 g/mol. The van der Waals surface area contributed by atoms with E-state index in [1.165, 1.54) is 23.5 Å². The van der Waals surface area contributed by atoms with Gasteiger partial charge in [0.25, 0.3) is 0 Å². The topological polar surface area (TPSA) is 54.9 Å². The molecule has 1 N–H and O–H groups in total. The number of rotatable bonds is 4. The SMILES string of the molecule is CCC(=O)Nc1nnc(Cc2ccc(F)cc2)s1. The first-order valence-corrected chi connectivity index (χ1v) is 6.35. The molecular formula is C12H12FN3OS. The number of aromatic nitrogens is 2. The van der Waals surface area contributed by atoms with Crippen molar-refractivity contribution in [1.29, 1.82) is 0 Å². The molecule has 18 heavy (non-hydrogen) atoms. The van der Waals surface area contributed by atoms with Crippen LogP contribution in [0.3, 0.4) is 0 Å². The van der Waals surface area contributed by atoms with Gasteiger partial charge in [-0.2, -0.15) is 0 Å². The summed E-state index contributed by atoms with van der Waals surface area (Å²) in [6.07, 6.45) is 0.993. The van der Waals surface area contributed by atoms with Gasteiger partial charge < -0.3 is 5.32 Å². The molecule has 0 aliphatic rings. The lowest BCUT2D eigenvalue weighted by atomic mass is 10.2. The van der Waals surface area contributed by atoms with Crippen molar-refractivity contribution in [2.75, 3.05) is 5.32 Å². The number of halogens is 1. The summed E-state index contributed by atoms with van der Waals surface area (Å²) in [5.74, 6) is -0.341. The molecule has 0 bridgehead atoms. The summed E-state index contributed by atoms with van der Waals surface area (Å²) in [5.41, 5.74) is 0.959. The van der Waals surface area contributed by atoms with Crippen LogP contribution in [0.4, 0.5) is 9.52 Å². The van der Waals surface area contributed by atoms with Crippen LogP contribution in [0.5, 0.6) is 0 Å². The maximum atomic E-state index is 12.7. The van der Waals surface area contributed by atoms with Crippen molar-refractivity contribution < 1.29 is 9.18 Å². The van der Waals surface area contributed by atoms with Crippen molar-refractivity contribution in [3.05, 3.63) is 40.7 Å². The standard InChI is InChI=1S/C12H12FN3OS/c1-2-10(17)14-12-16-15-11(18-12)7-8-3-5-9(13)6-4-8/h3-6H,2,7H2,1H3,(H,14,16,17). The summed E-state index contributed by atoms with van der Waals surface area (Å²) in [5, 5.41) is 11.8. The maximum Gasteiger partial charge on any atom is 0.225 e. The third kappa shape index (κ3) is 3.33. The molecule has 0 atom stereocenters. The highest BCUT2D eigenvalue weighted by molar-refractivity contribution is 7.15. The molecule has 1 aromatic heterocycles. The molecule has 0 saturated heterocycles. The van der Waals surface area contributed by atoms with Crippen molar-refractivity contribution >= 4 is 22.4 Å². The normalized spacial score (nSPS) is 10.3. The van der Waals surface area contributed by atoms with E-state index >= 15 is 0 Å². The molecule has 0 fully saturated rings. The Morgan fingerprint density at radius 1 is 1.33 bits per heavy atom. The maximum absolute atomic E-state index is 12.7. The molecule has 0 aliphatic heterocycles. The van der Waals surface area contributed by atoms with E-state index in [1.54, 1.807) is 19.1 Å². The van der Waals surface area contributed by atoms with Gasteiger partial charge in [0.1, 0.15) is 10.8 Å². The van der Waals surface area contributed by atoms with Crippen molar-refractivity contribution in [3.8, 4) is 0 Å². The van der Waals surface area contributed by atoms with E-state index in [0.717, 1.165) is 10.6 Å². The van der Waals surface area contributed by atoms with E-state index in [4.69, 9.17) is 0 Å². The summed E-state index contributed by atoms with van der Waals surface area (Å²) in [4.78, 5) is 11.2. The number of hydrogen-bond acceptors (Lipinski definition) is 4. The summed E-state index contributed by atoms with van der Waals surface area (Å²) >= 11 is 1.33. The second kappa shape index (κ2) is 5.68. The van der Waals surface area contributed by atoms with Gasteiger partial charge in [-0.05, 0) is 17.7 Å². The number of benzene rings is 1. The van der Waals surface area contributed by atoms with Crippen LogP contribution >= 0.6 is 11.3 Å². The van der Waals surface area contributed by atoms with Crippen LogP contribution in [0.25, 0.3) is 0 Å². The Balaban J connectivity index is 2.02. The van der Waals surface area contributed by atoms with Crippen molar-refractivity contribution in [2.45, 2.75) is 19.8 Å². The number of anilines is 1. The van der Waals surface area contributed by atoms with Gasteiger partial charge in [0, 0.05) is 12.8 Å². The molecule has 1 amide bonds. The average Bonchev–Trinajstić information content (AvgIpc) is 2.79. The number of hydrogen-bond donors (Lipinski definition) is 1. The van der Waals surface area contributed by atoms with Gasteiger partial charge in [0.15, 0.2) is 0 Å². The highest BCUT2D eigenvalue weighted by Gasteiger charge is 2.07. The Bertz CT molecular complexity index is 539. The number of nitrogens with one attached hydrogen (secondary N) is 1. The zero-order valence-corrected chi connectivity index (χ0v) is 10.6. The van der Waals surface area contributed by atoms with Crippen LogP contribution < -0.4 is 5.32 Å². The monoisotopic (exact) mass is 265 g/mol. The highest BCUT2D eigenvalue weighted by Crippen LogP contribution is 2.18. The quantitative estimate of drug-likeness (QED) is 0.924. The van der Waals surface area contributed by atoms with Gasteiger partial charge in [-0.25, -0.2) is 4.39 Å². The molecule has 2 rings (SSSR count). The molecule has 0 aliphatic carbocycles. The van der Waals surface area contributed by atoms with Gasteiger partial charge in [-0.1, -0.05) is 30.4 Å². The van der Waals surface area contributed by atoms with Crippen LogP contribution in [-0.4, -0.2) is 16.1 Å². The third-order valence-corrected chi connectivity index (χ3v) is 3.14. The van der Waals surface area contributed by atoms with Crippen LogP contribution in [0.15, 0.2) is 24.3 Å².